The van der Waals surface area contributed by atoms with Crippen LogP contribution in [0.5, 0.6) is 5.75 Å². The Hall–Kier alpha value is -2.17. The van der Waals surface area contributed by atoms with Crippen molar-refractivity contribution in [2.45, 2.75) is 49.8 Å². The minimum atomic E-state index is -3.73. The Morgan fingerprint density at radius 3 is 2.69 bits per heavy atom. The second-order valence-corrected chi connectivity index (χ2v) is 11.1. The summed E-state index contributed by atoms with van der Waals surface area (Å²) in [6.45, 7) is 5.42. The Kier molecular flexibility index (Phi) is 8.67. The minimum Gasteiger partial charge on any atom is -0.490 e. The third kappa shape index (κ3) is 6.16. The summed E-state index contributed by atoms with van der Waals surface area (Å²) in [6.07, 6.45) is 1.94. The van der Waals surface area contributed by atoms with Crippen LogP contribution in [0.2, 0.25) is 0 Å². The lowest BCUT2D eigenvalue weighted by atomic mass is 10.0. The van der Waals surface area contributed by atoms with E-state index in [1.807, 2.05) is 19.1 Å². The number of aliphatic hydroxyl groups excluding tert-OH is 1. The fourth-order valence-corrected chi connectivity index (χ4v) is 6.35. The maximum absolute atomic E-state index is 13.3. The van der Waals surface area contributed by atoms with Gasteiger partial charge in [-0.25, -0.2) is 8.42 Å². The Balaban J connectivity index is 1.43. The molecule has 9 heteroatoms. The fourth-order valence-electron chi connectivity index (χ4n) is 4.68. The SMILES string of the molecule is COCCCN1CCOc2ccc(CO[C@@H]3CC[C@@H](CO)N(S(=O)(=O)c4ccc(C)cc4)C3)cc21. The lowest BCUT2D eigenvalue weighted by molar-refractivity contribution is -0.0119. The molecule has 0 unspecified atom stereocenters. The van der Waals surface area contributed by atoms with Gasteiger partial charge >= 0.3 is 0 Å². The third-order valence-corrected chi connectivity index (χ3v) is 8.63. The molecule has 0 aliphatic carbocycles. The molecule has 2 aromatic carbocycles. The molecule has 0 radical (unpaired) electrons. The van der Waals surface area contributed by atoms with Crippen LogP contribution in [0.1, 0.15) is 30.4 Å². The molecule has 0 aromatic heterocycles. The molecule has 0 spiro atoms. The van der Waals surface area contributed by atoms with Crippen molar-refractivity contribution < 1.29 is 27.7 Å². The van der Waals surface area contributed by atoms with Crippen molar-refractivity contribution >= 4 is 15.7 Å². The summed E-state index contributed by atoms with van der Waals surface area (Å²) in [5, 5.41) is 9.85. The van der Waals surface area contributed by atoms with E-state index in [0.29, 0.717) is 32.7 Å². The number of hydrogen-bond donors (Lipinski definition) is 1. The molecule has 2 heterocycles. The number of sulfonamides is 1. The lowest BCUT2D eigenvalue weighted by Crippen LogP contribution is -2.50. The van der Waals surface area contributed by atoms with E-state index in [-0.39, 0.29) is 24.2 Å². The van der Waals surface area contributed by atoms with Crippen molar-refractivity contribution in [2.24, 2.45) is 0 Å². The van der Waals surface area contributed by atoms with Crippen molar-refractivity contribution in [3.63, 3.8) is 0 Å². The van der Waals surface area contributed by atoms with Gasteiger partial charge in [-0.2, -0.15) is 4.31 Å². The Bertz CT molecular complexity index is 1080. The molecule has 2 atom stereocenters. The predicted octanol–water partition coefficient (Wildman–Crippen LogP) is 2.96. The molecule has 2 aliphatic heterocycles. The van der Waals surface area contributed by atoms with Gasteiger partial charge in [0.15, 0.2) is 0 Å². The molecule has 2 aromatic rings. The number of rotatable bonds is 10. The number of methoxy groups -OCH3 is 1. The average molecular weight is 505 g/mol. The van der Waals surface area contributed by atoms with Crippen LogP contribution in [0.3, 0.4) is 0 Å². The van der Waals surface area contributed by atoms with Gasteiger partial charge in [-0.15, -0.1) is 0 Å². The first kappa shape index (κ1) is 25.9. The number of hydrogen-bond acceptors (Lipinski definition) is 7. The van der Waals surface area contributed by atoms with Crippen molar-refractivity contribution in [3.05, 3.63) is 53.6 Å². The van der Waals surface area contributed by atoms with Gasteiger partial charge in [-0.1, -0.05) is 23.8 Å². The highest BCUT2D eigenvalue weighted by Crippen LogP contribution is 2.33. The predicted molar refractivity (Wildman–Crippen MR) is 134 cm³/mol. The molecule has 0 amide bonds. The molecule has 4 rings (SSSR count). The molecule has 1 fully saturated rings. The van der Waals surface area contributed by atoms with Crippen molar-refractivity contribution in [3.8, 4) is 5.75 Å². The highest BCUT2D eigenvalue weighted by Gasteiger charge is 2.37. The van der Waals surface area contributed by atoms with Gasteiger partial charge < -0.3 is 24.2 Å². The number of fused-ring (bicyclic) bond motifs is 1. The third-order valence-electron chi connectivity index (χ3n) is 6.70. The van der Waals surface area contributed by atoms with E-state index in [9.17, 15) is 13.5 Å². The summed E-state index contributed by atoms with van der Waals surface area (Å²) in [4.78, 5) is 2.55. The van der Waals surface area contributed by atoms with Gasteiger partial charge in [0, 0.05) is 32.8 Å². The van der Waals surface area contributed by atoms with E-state index in [4.69, 9.17) is 14.2 Å². The summed E-state index contributed by atoms with van der Waals surface area (Å²) < 4.78 is 45.3. The molecule has 0 bridgehead atoms. The first-order valence-corrected chi connectivity index (χ1v) is 13.7. The van der Waals surface area contributed by atoms with Crippen LogP contribution in [0.25, 0.3) is 0 Å². The van der Waals surface area contributed by atoms with Crippen LogP contribution in [0, 0.1) is 6.92 Å². The van der Waals surface area contributed by atoms with E-state index >= 15 is 0 Å². The zero-order valence-electron chi connectivity index (χ0n) is 20.6. The Morgan fingerprint density at radius 2 is 1.94 bits per heavy atom. The number of ether oxygens (including phenoxy) is 3. The molecule has 1 saturated heterocycles. The van der Waals surface area contributed by atoms with Crippen molar-refractivity contribution in [2.75, 3.05) is 51.5 Å². The number of aliphatic hydroxyl groups is 1. The number of nitrogens with zero attached hydrogens (tertiary/aromatic N) is 2. The normalized spacial score (nSPS) is 20.9. The zero-order valence-corrected chi connectivity index (χ0v) is 21.4. The Labute approximate surface area is 208 Å². The molecular formula is C26H36N2O6S. The monoisotopic (exact) mass is 504 g/mol. The van der Waals surface area contributed by atoms with E-state index < -0.39 is 16.1 Å². The fraction of sp³-hybridized carbons (Fsp3) is 0.538. The highest BCUT2D eigenvalue weighted by atomic mass is 32.2. The maximum atomic E-state index is 13.3. The van der Waals surface area contributed by atoms with Crippen LogP contribution in [-0.4, -0.2) is 76.5 Å². The summed E-state index contributed by atoms with van der Waals surface area (Å²) >= 11 is 0. The first-order valence-electron chi connectivity index (χ1n) is 12.2. The molecule has 1 N–H and O–H groups in total. The largest absolute Gasteiger partial charge is 0.490 e. The van der Waals surface area contributed by atoms with E-state index in [1.165, 1.54) is 4.31 Å². The van der Waals surface area contributed by atoms with Gasteiger partial charge in [-0.05, 0) is 56.0 Å². The standard InChI is InChI=1S/C26H36N2O6S/c1-20-4-9-24(10-5-20)35(30,31)28-17-23(8-7-22(28)18-29)34-19-21-6-11-26-25(16-21)27(13-15-33-26)12-3-14-32-2/h4-6,9-11,16,22-23,29H,3,7-8,12-15,17-19H2,1-2H3/t22-,23+/m0/s1. The van der Waals surface area contributed by atoms with Crippen LogP contribution in [0.4, 0.5) is 5.69 Å². The smallest absolute Gasteiger partial charge is 0.243 e. The second-order valence-electron chi connectivity index (χ2n) is 9.22. The topological polar surface area (TPSA) is 88.5 Å². The molecule has 2 aliphatic rings. The lowest BCUT2D eigenvalue weighted by Gasteiger charge is -2.37. The maximum Gasteiger partial charge on any atom is 0.243 e. The van der Waals surface area contributed by atoms with Crippen LogP contribution in [0.15, 0.2) is 47.4 Å². The van der Waals surface area contributed by atoms with Crippen molar-refractivity contribution in [1.29, 1.82) is 0 Å². The summed E-state index contributed by atoms with van der Waals surface area (Å²) in [5.74, 6) is 0.872. The summed E-state index contributed by atoms with van der Waals surface area (Å²) in [6, 6.07) is 12.5. The van der Waals surface area contributed by atoms with E-state index in [1.54, 1.807) is 31.4 Å². The van der Waals surface area contributed by atoms with E-state index in [2.05, 4.69) is 11.0 Å². The van der Waals surface area contributed by atoms with Gasteiger partial charge in [-0.3, -0.25) is 0 Å². The zero-order chi connectivity index (χ0) is 24.8. The van der Waals surface area contributed by atoms with E-state index in [0.717, 1.165) is 42.1 Å². The number of piperidine rings is 1. The molecular weight excluding hydrogens is 468 g/mol. The highest BCUT2D eigenvalue weighted by molar-refractivity contribution is 7.89. The van der Waals surface area contributed by atoms with Gasteiger partial charge in [0.25, 0.3) is 0 Å². The quantitative estimate of drug-likeness (QED) is 0.498. The second kappa shape index (κ2) is 11.7. The summed E-state index contributed by atoms with van der Waals surface area (Å²) in [7, 11) is -2.01. The molecule has 8 nitrogen and oxygen atoms in total. The molecule has 192 valence electrons. The van der Waals surface area contributed by atoms with Crippen LogP contribution < -0.4 is 9.64 Å². The molecule has 0 saturated carbocycles. The average Bonchev–Trinajstić information content (AvgIpc) is 2.88. The number of benzene rings is 2. The van der Waals surface area contributed by atoms with Crippen LogP contribution in [-0.2, 0) is 26.1 Å². The summed E-state index contributed by atoms with van der Waals surface area (Å²) in [5.41, 5.74) is 3.07. The first-order chi connectivity index (χ1) is 16.9. The van der Waals surface area contributed by atoms with Crippen LogP contribution >= 0.6 is 0 Å². The Morgan fingerprint density at radius 1 is 1.14 bits per heavy atom. The van der Waals surface area contributed by atoms with Gasteiger partial charge in [0.05, 0.1) is 36.4 Å². The van der Waals surface area contributed by atoms with Crippen molar-refractivity contribution in [1.82, 2.24) is 4.31 Å². The number of anilines is 1. The number of aryl methyl sites for hydroxylation is 1. The van der Waals surface area contributed by atoms with Gasteiger partial charge in [0.2, 0.25) is 10.0 Å². The molecule has 35 heavy (non-hydrogen) atoms. The van der Waals surface area contributed by atoms with Gasteiger partial charge in [0.1, 0.15) is 12.4 Å². The minimum absolute atomic E-state index is 0.207.